The van der Waals surface area contributed by atoms with Gasteiger partial charge in [-0.1, -0.05) is 36.0 Å². The second-order valence-corrected chi connectivity index (χ2v) is 7.67. The Morgan fingerprint density at radius 1 is 1.24 bits per heavy atom. The number of fused-ring (bicyclic) bond motifs is 1. The third-order valence-electron chi connectivity index (χ3n) is 4.49. The van der Waals surface area contributed by atoms with Crippen LogP contribution in [0, 0.1) is 13.8 Å². The molecule has 1 amide bonds. The van der Waals surface area contributed by atoms with Crippen LogP contribution < -0.4 is 20.6 Å². The van der Waals surface area contributed by atoms with Crippen LogP contribution in [-0.2, 0) is 4.79 Å². The van der Waals surface area contributed by atoms with E-state index in [1.165, 1.54) is 16.4 Å². The highest BCUT2D eigenvalue weighted by atomic mass is 32.2. The van der Waals surface area contributed by atoms with Crippen LogP contribution in [0.25, 0.3) is 0 Å². The minimum atomic E-state index is -0.472. The summed E-state index contributed by atoms with van der Waals surface area (Å²) in [7, 11) is 0. The van der Waals surface area contributed by atoms with Gasteiger partial charge in [-0.05, 0) is 43.2 Å². The summed E-state index contributed by atoms with van der Waals surface area (Å²) >= 11 is 1.21. The van der Waals surface area contributed by atoms with Crippen molar-refractivity contribution in [2.75, 3.05) is 23.5 Å². The van der Waals surface area contributed by atoms with Crippen molar-refractivity contribution in [3.63, 3.8) is 0 Å². The molecule has 0 aliphatic carbocycles. The zero-order valence-corrected chi connectivity index (χ0v) is 16.9. The number of anilines is 1. The lowest BCUT2D eigenvalue weighted by Crippen LogP contribution is -2.27. The van der Waals surface area contributed by atoms with Crippen LogP contribution >= 0.6 is 11.8 Å². The van der Waals surface area contributed by atoms with Crippen molar-refractivity contribution in [3.8, 4) is 11.5 Å². The van der Waals surface area contributed by atoms with Gasteiger partial charge in [0, 0.05) is 5.69 Å². The number of aromatic nitrogens is 3. The molecule has 1 aliphatic heterocycles. The van der Waals surface area contributed by atoms with E-state index in [-0.39, 0.29) is 18.3 Å². The highest BCUT2D eigenvalue weighted by molar-refractivity contribution is 7.99. The summed E-state index contributed by atoms with van der Waals surface area (Å²) < 4.78 is 13.0. The van der Waals surface area contributed by atoms with E-state index >= 15 is 0 Å². The summed E-state index contributed by atoms with van der Waals surface area (Å²) in [6, 6.07) is 13.3. The molecule has 0 spiro atoms. The Balaban J connectivity index is 1.39. The molecular formula is C20H21N5O3S. The largest absolute Gasteiger partial charge is 0.485 e. The highest BCUT2D eigenvalue weighted by Crippen LogP contribution is 2.35. The third kappa shape index (κ3) is 4.14. The van der Waals surface area contributed by atoms with Crippen LogP contribution in [0.4, 0.5) is 5.69 Å². The maximum atomic E-state index is 12.3. The van der Waals surface area contributed by atoms with E-state index < -0.39 is 6.10 Å². The molecule has 0 saturated heterocycles. The number of nitrogens with zero attached hydrogens (tertiary/aromatic N) is 3. The van der Waals surface area contributed by atoms with Crippen LogP contribution in [0.2, 0.25) is 0 Å². The summed E-state index contributed by atoms with van der Waals surface area (Å²) in [5, 5.41) is 11.6. The van der Waals surface area contributed by atoms with Gasteiger partial charge in [0.15, 0.2) is 23.4 Å². The number of ether oxygens (including phenoxy) is 2. The van der Waals surface area contributed by atoms with Gasteiger partial charge in [-0.3, -0.25) is 4.79 Å². The van der Waals surface area contributed by atoms with E-state index in [1.807, 2.05) is 56.3 Å². The predicted molar refractivity (Wildman–Crippen MR) is 111 cm³/mol. The lowest BCUT2D eigenvalue weighted by Gasteiger charge is -2.25. The van der Waals surface area contributed by atoms with Gasteiger partial charge in [-0.15, -0.1) is 10.2 Å². The van der Waals surface area contributed by atoms with Crippen molar-refractivity contribution in [2.45, 2.75) is 25.1 Å². The van der Waals surface area contributed by atoms with Crippen LogP contribution in [-0.4, -0.2) is 33.1 Å². The van der Waals surface area contributed by atoms with Crippen molar-refractivity contribution in [2.24, 2.45) is 0 Å². The number of hydrogen-bond donors (Lipinski definition) is 2. The SMILES string of the molecule is Cc1ccc(C)c(NC(=O)CSc2nnc(C3COc4ccccc4O3)n2N)c1. The standard InChI is InChI=1S/C20H21N5O3S/c1-12-7-8-13(2)14(9-12)22-18(26)11-29-20-24-23-19(25(20)21)17-10-27-15-5-3-4-6-16(15)28-17/h3-9,17H,10-11,21H2,1-2H3,(H,22,26). The average Bonchev–Trinajstić information content (AvgIpc) is 3.09. The Hall–Kier alpha value is -3.20. The second-order valence-electron chi connectivity index (χ2n) is 6.73. The molecule has 0 radical (unpaired) electrons. The number of thioether (sulfide) groups is 1. The summed E-state index contributed by atoms with van der Waals surface area (Å²) in [6.45, 7) is 4.22. The lowest BCUT2D eigenvalue weighted by atomic mass is 10.1. The predicted octanol–water partition coefficient (Wildman–Crippen LogP) is 2.85. The van der Waals surface area contributed by atoms with Crippen molar-refractivity contribution in [3.05, 3.63) is 59.4 Å². The van der Waals surface area contributed by atoms with E-state index in [2.05, 4.69) is 15.5 Å². The normalized spacial score (nSPS) is 15.2. The molecule has 1 atom stereocenters. The molecule has 3 aromatic rings. The molecule has 2 aromatic carbocycles. The number of aryl methyl sites for hydroxylation is 2. The van der Waals surface area contributed by atoms with Crippen molar-refractivity contribution >= 4 is 23.4 Å². The second kappa shape index (κ2) is 8.04. The van der Waals surface area contributed by atoms with Crippen LogP contribution in [0.3, 0.4) is 0 Å². The van der Waals surface area contributed by atoms with Gasteiger partial charge < -0.3 is 20.6 Å². The number of benzene rings is 2. The Morgan fingerprint density at radius 3 is 2.86 bits per heavy atom. The Kier molecular flexibility index (Phi) is 5.30. The fourth-order valence-corrected chi connectivity index (χ4v) is 3.60. The molecule has 1 aromatic heterocycles. The fourth-order valence-electron chi connectivity index (χ4n) is 2.94. The van der Waals surface area contributed by atoms with E-state index in [9.17, 15) is 4.79 Å². The number of nitrogens with one attached hydrogen (secondary N) is 1. The van der Waals surface area contributed by atoms with E-state index in [0.717, 1.165) is 16.8 Å². The van der Waals surface area contributed by atoms with Gasteiger partial charge >= 0.3 is 0 Å². The maximum absolute atomic E-state index is 12.3. The van der Waals surface area contributed by atoms with E-state index in [4.69, 9.17) is 15.3 Å². The number of nitrogens with two attached hydrogens (primary N) is 1. The maximum Gasteiger partial charge on any atom is 0.234 e. The third-order valence-corrected chi connectivity index (χ3v) is 5.43. The van der Waals surface area contributed by atoms with Gasteiger partial charge in [0.05, 0.1) is 5.75 Å². The number of amides is 1. The van der Waals surface area contributed by atoms with Gasteiger partial charge in [0.2, 0.25) is 11.1 Å². The zero-order valence-electron chi connectivity index (χ0n) is 16.1. The Bertz CT molecular complexity index is 1050. The first-order valence-electron chi connectivity index (χ1n) is 9.10. The summed E-state index contributed by atoms with van der Waals surface area (Å²) in [4.78, 5) is 12.3. The van der Waals surface area contributed by atoms with Gasteiger partial charge in [0.25, 0.3) is 0 Å². The van der Waals surface area contributed by atoms with E-state index in [0.29, 0.717) is 22.5 Å². The van der Waals surface area contributed by atoms with Crippen LogP contribution in [0.15, 0.2) is 47.6 Å². The van der Waals surface area contributed by atoms with Crippen molar-refractivity contribution in [1.82, 2.24) is 14.9 Å². The number of para-hydroxylation sites is 2. The Labute approximate surface area is 172 Å². The molecule has 8 nitrogen and oxygen atoms in total. The molecular weight excluding hydrogens is 390 g/mol. The topological polar surface area (TPSA) is 104 Å². The molecule has 1 unspecified atom stereocenters. The summed E-state index contributed by atoms with van der Waals surface area (Å²) in [6.07, 6.45) is -0.472. The minimum absolute atomic E-state index is 0.139. The first-order chi connectivity index (χ1) is 14.0. The van der Waals surface area contributed by atoms with Crippen molar-refractivity contribution < 1.29 is 14.3 Å². The highest BCUT2D eigenvalue weighted by Gasteiger charge is 2.28. The van der Waals surface area contributed by atoms with Crippen LogP contribution in [0.5, 0.6) is 11.5 Å². The zero-order chi connectivity index (χ0) is 20.4. The molecule has 0 bridgehead atoms. The number of carbonyl (C=O) groups excluding carboxylic acids is 1. The number of rotatable bonds is 5. The fraction of sp³-hybridized carbons (Fsp3) is 0.250. The monoisotopic (exact) mass is 411 g/mol. The molecule has 0 fully saturated rings. The molecule has 9 heteroatoms. The van der Waals surface area contributed by atoms with Gasteiger partial charge in [0.1, 0.15) is 6.61 Å². The van der Waals surface area contributed by atoms with Crippen molar-refractivity contribution in [1.29, 1.82) is 0 Å². The molecule has 150 valence electrons. The van der Waals surface area contributed by atoms with Gasteiger partial charge in [-0.25, -0.2) is 4.68 Å². The molecule has 4 rings (SSSR count). The summed E-state index contributed by atoms with van der Waals surface area (Å²) in [5.41, 5.74) is 2.89. The van der Waals surface area contributed by atoms with Gasteiger partial charge in [-0.2, -0.15) is 0 Å². The first kappa shape index (κ1) is 19.1. The lowest BCUT2D eigenvalue weighted by molar-refractivity contribution is -0.113. The first-order valence-corrected chi connectivity index (χ1v) is 10.1. The number of carbonyl (C=O) groups is 1. The molecule has 2 heterocycles. The number of nitrogen functional groups attached to an aromatic ring is 1. The van der Waals surface area contributed by atoms with E-state index in [1.54, 1.807) is 0 Å². The van der Waals surface area contributed by atoms with Crippen LogP contribution in [0.1, 0.15) is 23.1 Å². The molecule has 1 aliphatic rings. The summed E-state index contributed by atoms with van der Waals surface area (Å²) in [5.74, 6) is 7.92. The molecule has 3 N–H and O–H groups in total. The Morgan fingerprint density at radius 2 is 2.03 bits per heavy atom. The molecule has 0 saturated carbocycles. The number of hydrogen-bond acceptors (Lipinski definition) is 7. The molecule has 29 heavy (non-hydrogen) atoms. The average molecular weight is 411 g/mol. The smallest absolute Gasteiger partial charge is 0.234 e. The quantitative estimate of drug-likeness (QED) is 0.491. The minimum Gasteiger partial charge on any atom is -0.485 e.